The lowest BCUT2D eigenvalue weighted by Gasteiger charge is -1.95. The van der Waals surface area contributed by atoms with Crippen molar-refractivity contribution in [2.45, 2.75) is 6.92 Å². The monoisotopic (exact) mass is 228 g/mol. The van der Waals surface area contributed by atoms with E-state index in [2.05, 4.69) is 5.10 Å². The second-order valence-corrected chi connectivity index (χ2v) is 3.87. The Hall–Kier alpha value is -2.23. The number of hydrogen-bond acceptors (Lipinski definition) is 2. The second-order valence-electron chi connectivity index (χ2n) is 3.87. The van der Waals surface area contributed by atoms with Gasteiger partial charge in [-0.1, -0.05) is 35.0 Å². The number of benzene rings is 1. The summed E-state index contributed by atoms with van der Waals surface area (Å²) in [6.07, 6.45) is 5.08. The predicted octanol–water partition coefficient (Wildman–Crippen LogP) is 1.45. The van der Waals surface area contributed by atoms with Gasteiger partial charge in [0.2, 0.25) is 6.33 Å². The summed E-state index contributed by atoms with van der Waals surface area (Å²) in [5.74, 6) is -0.0127. The Balaban J connectivity index is 2.23. The van der Waals surface area contributed by atoms with E-state index < -0.39 is 0 Å². The Morgan fingerprint density at radius 1 is 1.35 bits per heavy atom. The quantitative estimate of drug-likeness (QED) is 0.453. The van der Waals surface area contributed by atoms with Gasteiger partial charge in [0, 0.05) is 16.7 Å². The smallest absolute Gasteiger partial charge is 0.265 e. The van der Waals surface area contributed by atoms with Crippen molar-refractivity contribution in [1.82, 2.24) is 9.78 Å². The largest absolute Gasteiger partial charge is 0.289 e. The van der Waals surface area contributed by atoms with Crippen molar-refractivity contribution in [1.29, 1.82) is 0 Å². The van der Waals surface area contributed by atoms with Crippen LogP contribution in [0.4, 0.5) is 0 Å². The molecule has 17 heavy (non-hydrogen) atoms. The van der Waals surface area contributed by atoms with Gasteiger partial charge in [0.15, 0.2) is 5.78 Å². The summed E-state index contributed by atoms with van der Waals surface area (Å²) < 4.78 is 3.49. The molecule has 4 nitrogen and oxygen atoms in total. The first kappa shape index (κ1) is 11.3. The SMILES string of the molecule is C/C(=C\C(=O)c1ccccc1)n1c[n+](C)cn1. The molecule has 0 saturated heterocycles. The van der Waals surface area contributed by atoms with Crippen LogP contribution < -0.4 is 4.57 Å². The molecule has 0 N–H and O–H groups in total. The highest BCUT2D eigenvalue weighted by atomic mass is 16.1. The fourth-order valence-electron chi connectivity index (χ4n) is 1.49. The number of nitrogens with zero attached hydrogens (tertiary/aromatic N) is 3. The molecule has 0 unspecified atom stereocenters. The molecule has 1 aromatic heterocycles. The molecule has 0 aliphatic carbocycles. The third kappa shape index (κ3) is 2.66. The second kappa shape index (κ2) is 4.74. The van der Waals surface area contributed by atoms with E-state index in [-0.39, 0.29) is 5.78 Å². The van der Waals surface area contributed by atoms with Gasteiger partial charge >= 0.3 is 0 Å². The van der Waals surface area contributed by atoms with Gasteiger partial charge in [-0.05, 0) is 6.92 Å². The summed E-state index contributed by atoms with van der Waals surface area (Å²) in [5, 5.41) is 4.12. The lowest BCUT2D eigenvalue weighted by Crippen LogP contribution is -2.23. The van der Waals surface area contributed by atoms with Gasteiger partial charge < -0.3 is 0 Å². The van der Waals surface area contributed by atoms with Crippen molar-refractivity contribution < 1.29 is 9.36 Å². The number of carbonyl (C=O) groups is 1. The molecular weight excluding hydrogens is 214 g/mol. The van der Waals surface area contributed by atoms with Crippen LogP contribution in [0.5, 0.6) is 0 Å². The number of allylic oxidation sites excluding steroid dienone is 2. The van der Waals surface area contributed by atoms with Crippen LogP contribution in [0.25, 0.3) is 5.70 Å². The summed E-state index contributed by atoms with van der Waals surface area (Å²) in [6.45, 7) is 1.86. The Bertz CT molecular complexity index is 555. The third-order valence-electron chi connectivity index (χ3n) is 2.41. The maximum atomic E-state index is 11.9. The van der Waals surface area contributed by atoms with Crippen molar-refractivity contribution in [3.05, 3.63) is 54.6 Å². The molecule has 0 spiro atoms. The van der Waals surface area contributed by atoms with Crippen molar-refractivity contribution in [2.24, 2.45) is 7.05 Å². The number of hydrogen-bond donors (Lipinski definition) is 0. The molecule has 2 rings (SSSR count). The van der Waals surface area contributed by atoms with E-state index in [1.54, 1.807) is 29.2 Å². The predicted molar refractivity (Wildman–Crippen MR) is 64.1 cm³/mol. The van der Waals surface area contributed by atoms with E-state index in [1.165, 1.54) is 0 Å². The number of ketones is 1. The van der Waals surface area contributed by atoms with E-state index >= 15 is 0 Å². The van der Waals surface area contributed by atoms with Gasteiger partial charge in [0.1, 0.15) is 5.70 Å². The topological polar surface area (TPSA) is 38.8 Å². The fraction of sp³-hybridized carbons (Fsp3) is 0.154. The summed E-state index contributed by atoms with van der Waals surface area (Å²) >= 11 is 0. The molecule has 1 aromatic carbocycles. The normalized spacial score (nSPS) is 11.5. The van der Waals surface area contributed by atoms with E-state index in [4.69, 9.17) is 0 Å². The minimum Gasteiger partial charge on any atom is -0.289 e. The first-order chi connectivity index (χ1) is 8.16. The lowest BCUT2D eigenvalue weighted by atomic mass is 10.1. The first-order valence-corrected chi connectivity index (χ1v) is 5.35. The van der Waals surface area contributed by atoms with E-state index in [1.807, 2.05) is 43.1 Å². The minimum atomic E-state index is -0.0127. The van der Waals surface area contributed by atoms with E-state index in [0.29, 0.717) is 5.56 Å². The number of aromatic nitrogens is 3. The molecule has 0 atom stereocenters. The van der Waals surface area contributed by atoms with Crippen LogP contribution in [-0.4, -0.2) is 15.6 Å². The van der Waals surface area contributed by atoms with Crippen molar-refractivity contribution >= 4 is 11.5 Å². The van der Waals surface area contributed by atoms with Crippen LogP contribution in [0, 0.1) is 0 Å². The van der Waals surface area contributed by atoms with Gasteiger partial charge in [-0.3, -0.25) is 4.79 Å². The van der Waals surface area contributed by atoms with Crippen LogP contribution in [-0.2, 0) is 7.05 Å². The Morgan fingerprint density at radius 3 is 2.65 bits per heavy atom. The highest BCUT2D eigenvalue weighted by molar-refractivity contribution is 6.07. The molecule has 0 aliphatic rings. The molecule has 0 saturated carbocycles. The summed E-state index contributed by atoms with van der Waals surface area (Å²) in [5.41, 5.74) is 1.47. The molecular formula is C13H14N3O+. The van der Waals surface area contributed by atoms with Crippen LogP contribution in [0.1, 0.15) is 17.3 Å². The highest BCUT2D eigenvalue weighted by Gasteiger charge is 2.08. The van der Waals surface area contributed by atoms with Crippen LogP contribution >= 0.6 is 0 Å². The number of carbonyl (C=O) groups excluding carboxylic acids is 1. The lowest BCUT2D eigenvalue weighted by molar-refractivity contribution is -0.672. The van der Waals surface area contributed by atoms with Gasteiger partial charge in [-0.25, -0.2) is 4.57 Å². The van der Waals surface area contributed by atoms with Gasteiger partial charge in [-0.2, -0.15) is 0 Å². The zero-order valence-electron chi connectivity index (χ0n) is 9.87. The average molecular weight is 228 g/mol. The Morgan fingerprint density at radius 2 is 2.06 bits per heavy atom. The minimum absolute atomic E-state index is 0.0127. The molecule has 86 valence electrons. The molecule has 0 fully saturated rings. The standard InChI is InChI=1S/C13H14N3O/c1-11(16-10-15(2)9-14-16)8-13(17)12-6-4-3-5-7-12/h3-10H,1-2H3/q+1/b11-8+. The maximum Gasteiger partial charge on any atom is 0.265 e. The molecule has 2 aromatic rings. The molecule has 0 radical (unpaired) electrons. The van der Waals surface area contributed by atoms with Gasteiger partial charge in [0.25, 0.3) is 6.33 Å². The average Bonchev–Trinajstić information content (AvgIpc) is 2.77. The number of rotatable bonds is 3. The molecule has 0 bridgehead atoms. The fourth-order valence-corrected chi connectivity index (χ4v) is 1.49. The Kier molecular flexibility index (Phi) is 3.14. The van der Waals surface area contributed by atoms with Crippen molar-refractivity contribution in [3.8, 4) is 0 Å². The Labute approximate surface area is 99.8 Å². The van der Waals surface area contributed by atoms with E-state index in [0.717, 1.165) is 5.70 Å². The highest BCUT2D eigenvalue weighted by Crippen LogP contribution is 2.05. The van der Waals surface area contributed by atoms with Crippen molar-refractivity contribution in [3.63, 3.8) is 0 Å². The maximum absolute atomic E-state index is 11.9. The molecule has 1 heterocycles. The summed E-state index contributed by atoms with van der Waals surface area (Å²) in [4.78, 5) is 11.9. The number of aryl methyl sites for hydroxylation is 1. The van der Waals surface area contributed by atoms with Crippen LogP contribution in [0.15, 0.2) is 49.1 Å². The summed E-state index contributed by atoms with van der Waals surface area (Å²) in [6, 6.07) is 9.19. The summed E-state index contributed by atoms with van der Waals surface area (Å²) in [7, 11) is 1.88. The third-order valence-corrected chi connectivity index (χ3v) is 2.41. The van der Waals surface area contributed by atoms with Crippen molar-refractivity contribution in [2.75, 3.05) is 0 Å². The molecule has 0 aliphatic heterocycles. The first-order valence-electron chi connectivity index (χ1n) is 5.35. The molecule has 0 amide bonds. The van der Waals surface area contributed by atoms with E-state index in [9.17, 15) is 4.79 Å². The van der Waals surface area contributed by atoms with Gasteiger partial charge in [0.05, 0.1) is 7.05 Å². The zero-order chi connectivity index (χ0) is 12.3. The zero-order valence-corrected chi connectivity index (χ0v) is 9.87. The molecule has 4 heteroatoms. The van der Waals surface area contributed by atoms with Crippen LogP contribution in [0.3, 0.4) is 0 Å². The van der Waals surface area contributed by atoms with Gasteiger partial charge in [-0.15, -0.1) is 0 Å². The van der Waals surface area contributed by atoms with Crippen LogP contribution in [0.2, 0.25) is 0 Å².